The van der Waals surface area contributed by atoms with Crippen LogP contribution in [0.5, 0.6) is 0 Å². The Morgan fingerprint density at radius 1 is 1.50 bits per heavy atom. The fraction of sp³-hybridized carbons (Fsp3) is 0.800. The quantitative estimate of drug-likeness (QED) is 0.347. The average molecular weight is 115 g/mol. The summed E-state index contributed by atoms with van der Waals surface area (Å²) in [5.41, 5.74) is 10.5. The van der Waals surface area contributed by atoms with Gasteiger partial charge in [-0.1, -0.05) is 13.8 Å². The molecule has 0 spiro atoms. The Morgan fingerprint density at radius 3 is 1.88 bits per heavy atom. The maximum Gasteiger partial charge on any atom is 0.108 e. The third-order valence-electron chi connectivity index (χ3n) is 1.08. The first-order valence-corrected chi connectivity index (χ1v) is 2.65. The lowest BCUT2D eigenvalue weighted by molar-refractivity contribution is 0.590. The molecule has 0 aromatic rings. The van der Waals surface area contributed by atoms with Crippen molar-refractivity contribution in [2.45, 2.75) is 19.9 Å². The molecule has 0 unspecified atom stereocenters. The van der Waals surface area contributed by atoms with Crippen LogP contribution in [0.25, 0.3) is 0 Å². The van der Waals surface area contributed by atoms with Crippen LogP contribution in [0.4, 0.5) is 0 Å². The predicted octanol–water partition coefficient (Wildman–Crippen LogP) is -0.0943. The van der Waals surface area contributed by atoms with Gasteiger partial charge < -0.3 is 11.5 Å². The van der Waals surface area contributed by atoms with Gasteiger partial charge in [0.25, 0.3) is 0 Å². The first-order valence-electron chi connectivity index (χ1n) is 2.65. The molecule has 0 saturated carbocycles. The van der Waals surface area contributed by atoms with Gasteiger partial charge in [0, 0.05) is 0 Å². The van der Waals surface area contributed by atoms with Crippen molar-refractivity contribution in [2.75, 3.05) is 0 Å². The highest BCUT2D eigenvalue weighted by Crippen LogP contribution is 1.95. The summed E-state index contributed by atoms with van der Waals surface area (Å²) in [4.78, 5) is 0. The van der Waals surface area contributed by atoms with Crippen molar-refractivity contribution in [3.63, 3.8) is 0 Å². The van der Waals surface area contributed by atoms with Crippen LogP contribution in [0.2, 0.25) is 0 Å². The Morgan fingerprint density at radius 2 is 1.88 bits per heavy atom. The van der Waals surface area contributed by atoms with Crippen molar-refractivity contribution in [3.05, 3.63) is 0 Å². The Labute approximate surface area is 49.6 Å². The van der Waals surface area contributed by atoms with Crippen molar-refractivity contribution < 1.29 is 0 Å². The van der Waals surface area contributed by atoms with E-state index < -0.39 is 0 Å². The minimum atomic E-state index is -0.269. The maximum absolute atomic E-state index is 6.88. The number of nitrogens with two attached hydrogens (primary N) is 2. The Bertz CT molecular complexity index is 87.7. The molecular weight excluding hydrogens is 102 g/mol. The second-order valence-corrected chi connectivity index (χ2v) is 2.23. The molecule has 0 fully saturated rings. The number of amidine groups is 1. The van der Waals surface area contributed by atoms with Gasteiger partial charge in [-0.2, -0.15) is 0 Å². The van der Waals surface area contributed by atoms with Gasteiger partial charge in [-0.15, -0.1) is 0 Å². The fourth-order valence-electron chi connectivity index (χ4n) is 0.359. The summed E-state index contributed by atoms with van der Waals surface area (Å²) in [6.07, 6.45) is 0. The van der Waals surface area contributed by atoms with Gasteiger partial charge >= 0.3 is 0 Å². The predicted molar refractivity (Wildman–Crippen MR) is 34.7 cm³/mol. The van der Waals surface area contributed by atoms with E-state index in [2.05, 4.69) is 0 Å². The second-order valence-electron chi connectivity index (χ2n) is 2.23. The second kappa shape index (κ2) is 2.67. The summed E-state index contributed by atoms with van der Waals surface area (Å²) in [7, 11) is 0. The van der Waals surface area contributed by atoms with Crippen molar-refractivity contribution in [1.29, 1.82) is 5.41 Å². The van der Waals surface area contributed by atoms with Crippen molar-refractivity contribution in [1.82, 2.24) is 0 Å². The summed E-state index contributed by atoms with van der Waals surface area (Å²) in [5.74, 6) is 0.340. The van der Waals surface area contributed by atoms with Crippen LogP contribution >= 0.6 is 0 Å². The molecule has 0 aromatic heterocycles. The maximum atomic E-state index is 6.88. The van der Waals surface area contributed by atoms with Crippen LogP contribution in [0.3, 0.4) is 0 Å². The normalized spacial score (nSPS) is 14.0. The van der Waals surface area contributed by atoms with Crippen molar-refractivity contribution >= 4 is 5.84 Å². The largest absolute Gasteiger partial charge is 0.386 e. The molecule has 3 heteroatoms. The van der Waals surface area contributed by atoms with Gasteiger partial charge in [-0.3, -0.25) is 5.41 Å². The van der Waals surface area contributed by atoms with Crippen LogP contribution in [0, 0.1) is 11.3 Å². The molecule has 0 aromatic carbocycles. The Kier molecular flexibility index (Phi) is 2.48. The van der Waals surface area contributed by atoms with Gasteiger partial charge in [0.2, 0.25) is 0 Å². The van der Waals surface area contributed by atoms with E-state index in [0.29, 0.717) is 0 Å². The number of hydrogen-bond acceptors (Lipinski definition) is 2. The summed E-state index contributed by atoms with van der Waals surface area (Å²) in [5, 5.41) is 6.88. The SMILES string of the molecule is CC(C)[C@H](N)C(=N)N. The molecule has 0 radical (unpaired) electrons. The van der Waals surface area contributed by atoms with Crippen molar-refractivity contribution in [2.24, 2.45) is 17.4 Å². The van der Waals surface area contributed by atoms with Crippen LogP contribution in [0.1, 0.15) is 13.8 Å². The van der Waals surface area contributed by atoms with Crippen LogP contribution in [-0.4, -0.2) is 11.9 Å². The summed E-state index contributed by atoms with van der Waals surface area (Å²) in [6, 6.07) is -0.269. The van der Waals surface area contributed by atoms with E-state index in [9.17, 15) is 0 Å². The number of nitrogens with one attached hydrogen (secondary N) is 1. The molecule has 0 aliphatic heterocycles. The molecule has 5 N–H and O–H groups in total. The zero-order valence-corrected chi connectivity index (χ0v) is 5.31. The van der Waals surface area contributed by atoms with Crippen LogP contribution in [0.15, 0.2) is 0 Å². The van der Waals surface area contributed by atoms with Crippen LogP contribution < -0.4 is 11.5 Å². The highest BCUT2D eigenvalue weighted by Gasteiger charge is 2.08. The van der Waals surface area contributed by atoms with E-state index in [0.717, 1.165) is 0 Å². The van der Waals surface area contributed by atoms with Crippen LogP contribution in [-0.2, 0) is 0 Å². The fourth-order valence-corrected chi connectivity index (χ4v) is 0.359. The third kappa shape index (κ3) is 1.93. The lowest BCUT2D eigenvalue weighted by Crippen LogP contribution is -2.39. The smallest absolute Gasteiger partial charge is 0.108 e. The van der Waals surface area contributed by atoms with E-state index in [1.54, 1.807) is 0 Å². The Balaban J connectivity index is 3.64. The molecule has 3 nitrogen and oxygen atoms in total. The number of rotatable bonds is 2. The molecule has 1 atom stereocenters. The van der Waals surface area contributed by atoms with Crippen molar-refractivity contribution in [3.8, 4) is 0 Å². The molecule has 0 aliphatic rings. The topological polar surface area (TPSA) is 75.9 Å². The molecule has 8 heavy (non-hydrogen) atoms. The lowest BCUT2D eigenvalue weighted by Gasteiger charge is -2.11. The van der Waals surface area contributed by atoms with E-state index in [1.165, 1.54) is 0 Å². The molecule has 0 bridgehead atoms. The standard InChI is InChI=1S/C5H13N3/c1-3(2)4(6)5(7)8/h3-4H,6H2,1-2H3,(H3,7,8)/t4-/m0/s1. The summed E-state index contributed by atoms with van der Waals surface area (Å²) < 4.78 is 0. The van der Waals surface area contributed by atoms with E-state index in [-0.39, 0.29) is 17.8 Å². The highest BCUT2D eigenvalue weighted by molar-refractivity contribution is 5.82. The number of hydrogen-bond donors (Lipinski definition) is 3. The Hall–Kier alpha value is -0.570. The van der Waals surface area contributed by atoms with Gasteiger partial charge in [-0.25, -0.2) is 0 Å². The minimum Gasteiger partial charge on any atom is -0.386 e. The van der Waals surface area contributed by atoms with Gasteiger partial charge in [-0.05, 0) is 5.92 Å². The molecule has 0 amide bonds. The zero-order chi connectivity index (χ0) is 6.73. The van der Waals surface area contributed by atoms with E-state index in [4.69, 9.17) is 16.9 Å². The first kappa shape index (κ1) is 7.43. The molecule has 0 rings (SSSR count). The molecule has 0 aliphatic carbocycles. The summed E-state index contributed by atoms with van der Waals surface area (Å²) in [6.45, 7) is 3.87. The first-order chi connectivity index (χ1) is 3.55. The van der Waals surface area contributed by atoms with E-state index in [1.807, 2.05) is 13.8 Å². The zero-order valence-electron chi connectivity index (χ0n) is 5.31. The van der Waals surface area contributed by atoms with Gasteiger partial charge in [0.1, 0.15) is 5.84 Å². The van der Waals surface area contributed by atoms with Gasteiger partial charge in [0.15, 0.2) is 0 Å². The monoisotopic (exact) mass is 115 g/mol. The lowest BCUT2D eigenvalue weighted by atomic mass is 10.1. The summed E-state index contributed by atoms with van der Waals surface area (Å²) >= 11 is 0. The third-order valence-corrected chi connectivity index (χ3v) is 1.08. The van der Waals surface area contributed by atoms with E-state index >= 15 is 0 Å². The van der Waals surface area contributed by atoms with Gasteiger partial charge in [0.05, 0.1) is 6.04 Å². The molecular formula is C5H13N3. The molecule has 0 saturated heterocycles. The molecule has 0 heterocycles. The average Bonchev–Trinajstić information content (AvgIpc) is 1.64. The minimum absolute atomic E-state index is 0.0694. The molecule has 48 valence electrons. The highest BCUT2D eigenvalue weighted by atomic mass is 14.8.